The standard InChI is InChI=1S/C14H17BrClN3OS/c1-3-11-14(15)12(19(4-2)18-11)8-21(20)13-7-9(16)5-6-10(13)17/h5-7H,3-4,8,17H2,1-2H3. The molecule has 0 bridgehead atoms. The van der Waals surface area contributed by atoms with Crippen LogP contribution in [0.15, 0.2) is 27.6 Å². The minimum atomic E-state index is -1.27. The number of aromatic nitrogens is 2. The zero-order chi connectivity index (χ0) is 15.6. The normalized spacial score (nSPS) is 12.6. The molecule has 0 saturated heterocycles. The summed E-state index contributed by atoms with van der Waals surface area (Å²) < 4.78 is 15.4. The van der Waals surface area contributed by atoms with Gasteiger partial charge in [0.05, 0.1) is 37.3 Å². The molecule has 1 aromatic heterocycles. The maximum atomic E-state index is 12.6. The molecular formula is C14H17BrClN3OS. The number of aryl methyl sites for hydroxylation is 2. The van der Waals surface area contributed by atoms with Crippen LogP contribution in [0.3, 0.4) is 0 Å². The van der Waals surface area contributed by atoms with Crippen molar-refractivity contribution in [1.29, 1.82) is 0 Å². The van der Waals surface area contributed by atoms with E-state index in [-0.39, 0.29) is 0 Å². The molecule has 2 N–H and O–H groups in total. The molecule has 0 aliphatic rings. The van der Waals surface area contributed by atoms with Crippen LogP contribution in [0.2, 0.25) is 5.02 Å². The van der Waals surface area contributed by atoms with Crippen molar-refractivity contribution in [2.24, 2.45) is 0 Å². The van der Waals surface area contributed by atoms with Gasteiger partial charge in [0.2, 0.25) is 0 Å². The van der Waals surface area contributed by atoms with Gasteiger partial charge in [-0.1, -0.05) is 18.5 Å². The van der Waals surface area contributed by atoms with Crippen molar-refractivity contribution in [3.63, 3.8) is 0 Å². The van der Waals surface area contributed by atoms with Crippen molar-refractivity contribution in [2.75, 3.05) is 5.73 Å². The Morgan fingerprint density at radius 1 is 1.43 bits per heavy atom. The largest absolute Gasteiger partial charge is 0.398 e. The fraction of sp³-hybridized carbons (Fsp3) is 0.357. The van der Waals surface area contributed by atoms with Gasteiger partial charge in [-0.3, -0.25) is 8.89 Å². The lowest BCUT2D eigenvalue weighted by atomic mass is 10.3. The number of nitrogens with zero attached hydrogens (tertiary/aromatic N) is 2. The second kappa shape index (κ2) is 6.94. The summed E-state index contributed by atoms with van der Waals surface area (Å²) in [5.41, 5.74) is 8.29. The summed E-state index contributed by atoms with van der Waals surface area (Å²) in [5.74, 6) is 0.353. The quantitative estimate of drug-likeness (QED) is 0.790. The van der Waals surface area contributed by atoms with Gasteiger partial charge in [-0.15, -0.1) is 0 Å². The molecule has 0 saturated carbocycles. The maximum Gasteiger partial charge on any atom is 0.0767 e. The van der Waals surface area contributed by atoms with Crippen LogP contribution >= 0.6 is 27.5 Å². The lowest BCUT2D eigenvalue weighted by molar-refractivity contribution is 0.623. The van der Waals surface area contributed by atoms with E-state index in [0.29, 0.717) is 21.4 Å². The highest BCUT2D eigenvalue weighted by molar-refractivity contribution is 9.10. The topological polar surface area (TPSA) is 60.9 Å². The maximum absolute atomic E-state index is 12.6. The van der Waals surface area contributed by atoms with Gasteiger partial charge in [0.1, 0.15) is 0 Å². The molecule has 0 spiro atoms. The van der Waals surface area contributed by atoms with E-state index >= 15 is 0 Å². The minimum absolute atomic E-state index is 0.353. The zero-order valence-corrected chi connectivity index (χ0v) is 15.1. The van der Waals surface area contributed by atoms with Crippen molar-refractivity contribution >= 4 is 44.0 Å². The number of anilines is 1. The fourth-order valence-corrected chi connectivity index (χ4v) is 4.48. The van der Waals surface area contributed by atoms with Gasteiger partial charge >= 0.3 is 0 Å². The summed E-state index contributed by atoms with van der Waals surface area (Å²) >= 11 is 9.53. The summed E-state index contributed by atoms with van der Waals surface area (Å²) in [6.45, 7) is 4.79. The highest BCUT2D eigenvalue weighted by Crippen LogP contribution is 2.27. The van der Waals surface area contributed by atoms with Crippen LogP contribution in [0.1, 0.15) is 25.2 Å². The average molecular weight is 391 g/mol. The third-order valence-electron chi connectivity index (χ3n) is 3.18. The first-order valence-corrected chi connectivity index (χ1v) is 9.14. The van der Waals surface area contributed by atoms with Crippen LogP contribution in [-0.2, 0) is 29.5 Å². The summed E-state index contributed by atoms with van der Waals surface area (Å²) in [7, 11) is -1.27. The third kappa shape index (κ3) is 3.49. The summed E-state index contributed by atoms with van der Waals surface area (Å²) in [4.78, 5) is 0.566. The van der Waals surface area contributed by atoms with Gasteiger partial charge in [0, 0.05) is 17.3 Å². The van der Waals surface area contributed by atoms with E-state index in [2.05, 4.69) is 21.0 Å². The van der Waals surface area contributed by atoms with Gasteiger partial charge in [-0.05, 0) is 47.5 Å². The molecule has 1 atom stereocenters. The molecule has 0 radical (unpaired) electrons. The van der Waals surface area contributed by atoms with Gasteiger partial charge in [-0.2, -0.15) is 5.10 Å². The monoisotopic (exact) mass is 389 g/mol. The minimum Gasteiger partial charge on any atom is -0.398 e. The van der Waals surface area contributed by atoms with E-state index in [1.165, 1.54) is 0 Å². The number of benzene rings is 1. The number of hydrogen-bond donors (Lipinski definition) is 1. The Kier molecular flexibility index (Phi) is 5.46. The van der Waals surface area contributed by atoms with Gasteiger partial charge in [0.25, 0.3) is 0 Å². The Morgan fingerprint density at radius 2 is 2.14 bits per heavy atom. The number of rotatable bonds is 5. The molecule has 2 aromatic rings. The molecule has 0 aliphatic carbocycles. The predicted octanol–water partition coefficient (Wildman–Crippen LogP) is 3.77. The molecule has 0 fully saturated rings. The molecule has 7 heteroatoms. The average Bonchev–Trinajstić information content (AvgIpc) is 2.77. The zero-order valence-electron chi connectivity index (χ0n) is 11.9. The molecule has 4 nitrogen and oxygen atoms in total. The van der Waals surface area contributed by atoms with E-state index in [9.17, 15) is 4.21 Å². The number of nitrogens with two attached hydrogens (primary N) is 1. The van der Waals surface area contributed by atoms with Crippen LogP contribution in [0, 0.1) is 0 Å². The smallest absolute Gasteiger partial charge is 0.0767 e. The first-order chi connectivity index (χ1) is 9.97. The summed E-state index contributed by atoms with van der Waals surface area (Å²) in [6, 6.07) is 5.03. The van der Waals surface area contributed by atoms with E-state index in [1.54, 1.807) is 18.2 Å². The molecule has 1 aromatic carbocycles. The van der Waals surface area contributed by atoms with Crippen molar-refractivity contribution in [3.05, 3.63) is 39.1 Å². The van der Waals surface area contributed by atoms with E-state index in [1.807, 2.05) is 18.5 Å². The highest BCUT2D eigenvalue weighted by Gasteiger charge is 2.18. The van der Waals surface area contributed by atoms with Crippen molar-refractivity contribution in [2.45, 2.75) is 37.5 Å². The van der Waals surface area contributed by atoms with Crippen molar-refractivity contribution in [3.8, 4) is 0 Å². The fourth-order valence-electron chi connectivity index (χ4n) is 2.06. The molecule has 1 unspecified atom stereocenters. The Bertz CT molecular complexity index is 687. The summed E-state index contributed by atoms with van der Waals surface area (Å²) in [5, 5.41) is 5.04. The second-order valence-corrected chi connectivity index (χ2v) is 7.20. The Balaban J connectivity index is 2.35. The van der Waals surface area contributed by atoms with Crippen molar-refractivity contribution in [1.82, 2.24) is 9.78 Å². The first-order valence-electron chi connectivity index (χ1n) is 6.65. The van der Waals surface area contributed by atoms with Crippen LogP contribution in [0.4, 0.5) is 5.69 Å². The van der Waals surface area contributed by atoms with Crippen LogP contribution in [0.25, 0.3) is 0 Å². The Morgan fingerprint density at radius 3 is 2.76 bits per heavy atom. The SMILES string of the molecule is CCc1nn(CC)c(CS(=O)c2cc(Cl)ccc2N)c1Br. The van der Waals surface area contributed by atoms with Crippen LogP contribution in [-0.4, -0.2) is 14.0 Å². The number of hydrogen-bond acceptors (Lipinski definition) is 3. The van der Waals surface area contributed by atoms with Crippen LogP contribution in [0.5, 0.6) is 0 Å². The van der Waals surface area contributed by atoms with Gasteiger partial charge in [0.15, 0.2) is 0 Å². The van der Waals surface area contributed by atoms with Crippen LogP contribution < -0.4 is 5.73 Å². The number of halogens is 2. The molecule has 1 heterocycles. The molecule has 0 amide bonds. The second-order valence-electron chi connectivity index (χ2n) is 4.55. The first kappa shape index (κ1) is 16.5. The van der Waals surface area contributed by atoms with E-state index in [0.717, 1.165) is 28.8 Å². The molecular weight excluding hydrogens is 374 g/mol. The van der Waals surface area contributed by atoms with Gasteiger partial charge < -0.3 is 5.73 Å². The molecule has 21 heavy (non-hydrogen) atoms. The van der Waals surface area contributed by atoms with Gasteiger partial charge in [-0.25, -0.2) is 0 Å². The van der Waals surface area contributed by atoms with E-state index in [4.69, 9.17) is 17.3 Å². The third-order valence-corrected chi connectivity index (χ3v) is 5.71. The van der Waals surface area contributed by atoms with E-state index < -0.39 is 10.8 Å². The number of nitrogen functional groups attached to an aromatic ring is 1. The Hall–Kier alpha value is -0.850. The van der Waals surface area contributed by atoms with Crippen molar-refractivity contribution < 1.29 is 4.21 Å². The highest BCUT2D eigenvalue weighted by atomic mass is 79.9. The lowest BCUT2D eigenvalue weighted by Crippen LogP contribution is -2.07. The molecule has 2 rings (SSSR count). The summed E-state index contributed by atoms with van der Waals surface area (Å²) in [6.07, 6.45) is 0.826. The molecule has 114 valence electrons. The predicted molar refractivity (Wildman–Crippen MR) is 91.0 cm³/mol. The molecule has 0 aliphatic heterocycles. The Labute approximate surface area is 140 Å². The lowest BCUT2D eigenvalue weighted by Gasteiger charge is -2.08.